The Labute approximate surface area is 65.4 Å². The van der Waals surface area contributed by atoms with Crippen molar-refractivity contribution in [2.45, 2.75) is 12.3 Å². The first-order valence-electron chi connectivity index (χ1n) is 2.17. The van der Waals surface area contributed by atoms with Crippen molar-refractivity contribution in [2.24, 2.45) is 0 Å². The van der Waals surface area contributed by atoms with Crippen LogP contribution in [-0.4, -0.2) is 27.5 Å². The van der Waals surface area contributed by atoms with Crippen molar-refractivity contribution in [1.82, 2.24) is 0 Å². The molecule has 0 aliphatic heterocycles. The number of rotatable bonds is 1. The topological polar surface area (TPSA) is 74.6 Å². The number of hydrogen-bond acceptors (Lipinski definition) is 2. The first-order chi connectivity index (χ1) is 4.68. The molecule has 0 atom stereocenters. The van der Waals surface area contributed by atoms with Crippen LogP contribution in [0, 0.1) is 0 Å². The van der Waals surface area contributed by atoms with Crippen LogP contribution in [0.5, 0.6) is 0 Å². The minimum Gasteiger partial charge on any atom is -0.481 e. The predicted octanol–water partition coefficient (Wildman–Crippen LogP) is 0.994. The molecular weight excluding hydrogens is 185 g/mol. The van der Waals surface area contributed by atoms with E-state index in [4.69, 9.17) is 19.8 Å². The number of carbonyl (C=O) groups is 2. The van der Waals surface area contributed by atoms with Crippen molar-refractivity contribution in [1.29, 1.82) is 0 Å². The number of carboxylic acid groups (broad SMARTS) is 2. The van der Waals surface area contributed by atoms with Gasteiger partial charge in [0.05, 0.1) is 0 Å². The molecule has 0 heterocycles. The van der Waals surface area contributed by atoms with Gasteiger partial charge in [-0.2, -0.15) is 8.78 Å². The quantitative estimate of drug-likeness (QED) is 0.605. The summed E-state index contributed by atoms with van der Waals surface area (Å²) in [5, 5.41) is 10.7. The fraction of sp³-hybridized carbons (Fsp3) is 0.500. The maximum atomic E-state index is 11.0. The SMILES string of the molecule is CC(=O)O.O=C(O)C(F)(F)Cl. The Morgan fingerprint density at radius 3 is 1.45 bits per heavy atom. The molecule has 0 aliphatic carbocycles. The highest BCUT2D eigenvalue weighted by atomic mass is 35.5. The largest absolute Gasteiger partial charge is 0.481 e. The van der Waals surface area contributed by atoms with Crippen LogP contribution in [0.25, 0.3) is 0 Å². The molecule has 11 heavy (non-hydrogen) atoms. The van der Waals surface area contributed by atoms with Gasteiger partial charge in [0.15, 0.2) is 0 Å². The summed E-state index contributed by atoms with van der Waals surface area (Å²) >= 11 is 3.94. The maximum Gasteiger partial charge on any atom is 0.417 e. The van der Waals surface area contributed by atoms with Crippen molar-refractivity contribution in [2.75, 3.05) is 0 Å². The lowest BCUT2D eigenvalue weighted by Crippen LogP contribution is -2.19. The first-order valence-corrected chi connectivity index (χ1v) is 2.55. The van der Waals surface area contributed by atoms with E-state index in [1.807, 2.05) is 0 Å². The van der Waals surface area contributed by atoms with Gasteiger partial charge < -0.3 is 10.2 Å². The van der Waals surface area contributed by atoms with Gasteiger partial charge in [0.1, 0.15) is 0 Å². The van der Waals surface area contributed by atoms with Gasteiger partial charge in [-0.25, -0.2) is 4.79 Å². The van der Waals surface area contributed by atoms with Crippen LogP contribution in [-0.2, 0) is 9.59 Å². The summed E-state index contributed by atoms with van der Waals surface area (Å²) in [7, 11) is 0. The van der Waals surface area contributed by atoms with E-state index in [9.17, 15) is 8.78 Å². The molecule has 0 aromatic rings. The van der Waals surface area contributed by atoms with Crippen molar-refractivity contribution in [3.63, 3.8) is 0 Å². The van der Waals surface area contributed by atoms with E-state index < -0.39 is 17.3 Å². The highest BCUT2D eigenvalue weighted by molar-refractivity contribution is 6.30. The smallest absolute Gasteiger partial charge is 0.417 e. The highest BCUT2D eigenvalue weighted by Gasteiger charge is 2.35. The summed E-state index contributed by atoms with van der Waals surface area (Å²) < 4.78 is 22.0. The molecule has 0 amide bonds. The lowest BCUT2D eigenvalue weighted by molar-refractivity contribution is -0.153. The van der Waals surface area contributed by atoms with Crippen molar-refractivity contribution < 1.29 is 28.6 Å². The van der Waals surface area contributed by atoms with Gasteiger partial charge in [-0.1, -0.05) is 0 Å². The molecule has 0 aliphatic rings. The van der Waals surface area contributed by atoms with Crippen LogP contribution in [0.2, 0.25) is 0 Å². The molecule has 4 nitrogen and oxygen atoms in total. The maximum absolute atomic E-state index is 11.0. The second-order valence-corrected chi connectivity index (χ2v) is 1.80. The Morgan fingerprint density at radius 2 is 1.45 bits per heavy atom. The van der Waals surface area contributed by atoms with Gasteiger partial charge in [-0.3, -0.25) is 4.79 Å². The molecule has 2 N–H and O–H groups in total. The molecule has 7 heteroatoms. The van der Waals surface area contributed by atoms with Crippen LogP contribution in [0.15, 0.2) is 0 Å². The molecule has 0 aromatic carbocycles. The van der Waals surface area contributed by atoms with Crippen molar-refractivity contribution >= 4 is 23.5 Å². The van der Waals surface area contributed by atoms with E-state index in [1.54, 1.807) is 0 Å². The summed E-state index contributed by atoms with van der Waals surface area (Å²) in [6.45, 7) is 1.08. The van der Waals surface area contributed by atoms with E-state index in [0.717, 1.165) is 6.92 Å². The highest BCUT2D eigenvalue weighted by Crippen LogP contribution is 2.17. The summed E-state index contributed by atoms with van der Waals surface area (Å²) in [6, 6.07) is 0. The van der Waals surface area contributed by atoms with Gasteiger partial charge in [-0.05, 0) is 11.6 Å². The molecule has 0 saturated carbocycles. The molecule has 0 unspecified atom stereocenters. The molecule has 0 rings (SSSR count). The Balaban J connectivity index is 0. The summed E-state index contributed by atoms with van der Waals surface area (Å²) in [6.07, 6.45) is 0. The van der Waals surface area contributed by atoms with Crippen LogP contribution < -0.4 is 0 Å². The lowest BCUT2D eigenvalue weighted by Gasteiger charge is -1.95. The Kier molecular flexibility index (Phi) is 5.60. The minimum atomic E-state index is -4.11. The van der Waals surface area contributed by atoms with Gasteiger partial charge in [0.25, 0.3) is 5.97 Å². The van der Waals surface area contributed by atoms with E-state index in [-0.39, 0.29) is 0 Å². The van der Waals surface area contributed by atoms with Gasteiger partial charge >= 0.3 is 11.4 Å². The van der Waals surface area contributed by atoms with Crippen LogP contribution >= 0.6 is 11.6 Å². The number of aliphatic carboxylic acids is 2. The first kappa shape index (κ1) is 12.7. The van der Waals surface area contributed by atoms with Gasteiger partial charge in [0, 0.05) is 6.92 Å². The third-order valence-electron chi connectivity index (χ3n) is 0.243. The van der Waals surface area contributed by atoms with Crippen LogP contribution in [0.3, 0.4) is 0 Å². The molecule has 0 fully saturated rings. The van der Waals surface area contributed by atoms with Crippen LogP contribution in [0.1, 0.15) is 6.92 Å². The predicted molar refractivity (Wildman–Crippen MR) is 31.7 cm³/mol. The van der Waals surface area contributed by atoms with E-state index in [2.05, 4.69) is 11.6 Å². The zero-order valence-corrected chi connectivity index (χ0v) is 6.10. The summed E-state index contributed by atoms with van der Waals surface area (Å²) in [5.41, 5.74) is 0. The Hall–Kier alpha value is -0.910. The van der Waals surface area contributed by atoms with Gasteiger partial charge in [0.2, 0.25) is 0 Å². The zero-order chi connectivity index (χ0) is 9.65. The molecule has 0 bridgehead atoms. The van der Waals surface area contributed by atoms with E-state index in [0.29, 0.717) is 0 Å². The molecular formula is C4H5ClF2O4. The standard InChI is InChI=1S/C2HClF2O2.C2H4O2/c3-2(4,5)1(6)7;1-2(3)4/h(H,6,7);1H3,(H,3,4). The van der Waals surface area contributed by atoms with E-state index in [1.165, 1.54) is 0 Å². The fourth-order valence-electron chi connectivity index (χ4n) is 0. The lowest BCUT2D eigenvalue weighted by atomic mass is 10.7. The summed E-state index contributed by atoms with van der Waals surface area (Å²) in [5.74, 6) is -3.16. The second kappa shape index (κ2) is 4.84. The monoisotopic (exact) mass is 190 g/mol. The van der Waals surface area contributed by atoms with Crippen molar-refractivity contribution in [3.05, 3.63) is 0 Å². The fourth-order valence-corrected chi connectivity index (χ4v) is 0. The third kappa shape index (κ3) is 17.6. The summed E-state index contributed by atoms with van der Waals surface area (Å²) in [4.78, 5) is 18.1. The molecule has 0 aromatic heterocycles. The number of hydrogen-bond donors (Lipinski definition) is 2. The Bertz CT molecular complexity index is 149. The van der Waals surface area contributed by atoms with Gasteiger partial charge in [-0.15, -0.1) is 0 Å². The third-order valence-corrected chi connectivity index (χ3v) is 0.404. The molecule has 0 saturated heterocycles. The Morgan fingerprint density at radius 1 is 1.36 bits per heavy atom. The number of alkyl halides is 3. The molecule has 0 radical (unpaired) electrons. The number of carboxylic acids is 2. The van der Waals surface area contributed by atoms with E-state index >= 15 is 0 Å². The average Bonchev–Trinajstić information content (AvgIpc) is 1.59. The minimum absolute atomic E-state index is 0.833. The molecule has 66 valence electrons. The zero-order valence-electron chi connectivity index (χ0n) is 5.34. The van der Waals surface area contributed by atoms with Crippen LogP contribution in [0.4, 0.5) is 8.78 Å². The van der Waals surface area contributed by atoms with Crippen molar-refractivity contribution in [3.8, 4) is 0 Å². The average molecular weight is 191 g/mol. The molecule has 0 spiro atoms. The number of halogens is 3. The second-order valence-electron chi connectivity index (χ2n) is 1.32. The normalized spacial score (nSPS) is 9.45.